The van der Waals surface area contributed by atoms with Crippen LogP contribution in [0.3, 0.4) is 0 Å². The van der Waals surface area contributed by atoms with Gasteiger partial charge in [-0.05, 0) is 25.1 Å². The molecule has 2 aromatic rings. The summed E-state index contributed by atoms with van der Waals surface area (Å²) in [5, 5.41) is -0.0290. The van der Waals surface area contributed by atoms with Gasteiger partial charge < -0.3 is 0 Å². The Morgan fingerprint density at radius 1 is 1.24 bits per heavy atom. The standard InChI is InChI=1S/C13H11ClF2N2O2S/c1-8(13-10(15)3-2-4-11(13)16)18-21(19,20)12-7-17-6-5-9(12)14/h2-8,18H,1H3. The molecule has 2 rings (SSSR count). The van der Waals surface area contributed by atoms with Crippen molar-refractivity contribution in [3.05, 3.63) is 58.9 Å². The third kappa shape index (κ3) is 3.37. The monoisotopic (exact) mass is 332 g/mol. The van der Waals surface area contributed by atoms with E-state index in [1.165, 1.54) is 25.3 Å². The average Bonchev–Trinajstić information content (AvgIpc) is 2.38. The Morgan fingerprint density at radius 3 is 2.43 bits per heavy atom. The lowest BCUT2D eigenvalue weighted by Crippen LogP contribution is -2.28. The van der Waals surface area contributed by atoms with E-state index < -0.39 is 27.7 Å². The van der Waals surface area contributed by atoms with Gasteiger partial charge in [0.1, 0.15) is 16.5 Å². The highest BCUT2D eigenvalue weighted by molar-refractivity contribution is 7.89. The predicted octanol–water partition coefficient (Wildman–Crippen LogP) is 3.05. The lowest BCUT2D eigenvalue weighted by molar-refractivity contribution is 0.515. The number of aromatic nitrogens is 1. The second-order valence-corrected chi connectivity index (χ2v) is 6.37. The van der Waals surface area contributed by atoms with E-state index in [0.717, 1.165) is 18.3 Å². The summed E-state index contributed by atoms with van der Waals surface area (Å²) in [5.41, 5.74) is -0.360. The number of pyridine rings is 1. The molecule has 0 aliphatic rings. The van der Waals surface area contributed by atoms with Crippen molar-refractivity contribution in [2.45, 2.75) is 17.9 Å². The van der Waals surface area contributed by atoms with Crippen LogP contribution in [0.25, 0.3) is 0 Å². The SMILES string of the molecule is CC(NS(=O)(=O)c1cnccc1Cl)c1c(F)cccc1F. The maximum Gasteiger partial charge on any atom is 0.244 e. The Kier molecular flexibility index (Phi) is 4.55. The van der Waals surface area contributed by atoms with Crippen molar-refractivity contribution >= 4 is 21.6 Å². The van der Waals surface area contributed by atoms with Gasteiger partial charge in [0, 0.05) is 24.0 Å². The van der Waals surface area contributed by atoms with Crippen LogP contribution in [0.4, 0.5) is 8.78 Å². The third-order valence-corrected chi connectivity index (χ3v) is 4.80. The number of halogens is 3. The molecular formula is C13H11ClF2N2O2S. The summed E-state index contributed by atoms with van der Waals surface area (Å²) >= 11 is 5.79. The van der Waals surface area contributed by atoms with Crippen LogP contribution in [-0.2, 0) is 10.0 Å². The topological polar surface area (TPSA) is 59.1 Å². The molecule has 1 atom stereocenters. The summed E-state index contributed by atoms with van der Waals surface area (Å²) in [6.07, 6.45) is 2.40. The first kappa shape index (κ1) is 15.8. The number of rotatable bonds is 4. The molecular weight excluding hydrogens is 322 g/mol. The predicted molar refractivity (Wildman–Crippen MR) is 74.3 cm³/mol. The largest absolute Gasteiger partial charge is 0.263 e. The molecule has 8 heteroatoms. The number of benzene rings is 1. The van der Waals surface area contributed by atoms with Crippen LogP contribution in [0.2, 0.25) is 5.02 Å². The van der Waals surface area contributed by atoms with Gasteiger partial charge in [-0.15, -0.1) is 0 Å². The average molecular weight is 333 g/mol. The maximum atomic E-state index is 13.6. The molecule has 0 fully saturated rings. The van der Waals surface area contributed by atoms with Gasteiger partial charge in [0.25, 0.3) is 0 Å². The normalized spacial score (nSPS) is 13.1. The Balaban J connectivity index is 2.35. The fourth-order valence-corrected chi connectivity index (χ4v) is 3.48. The van der Waals surface area contributed by atoms with Gasteiger partial charge in [-0.2, -0.15) is 0 Å². The summed E-state index contributed by atoms with van der Waals surface area (Å²) < 4.78 is 53.8. The first-order chi connectivity index (χ1) is 9.83. The number of sulfonamides is 1. The van der Waals surface area contributed by atoms with Crippen molar-refractivity contribution in [2.75, 3.05) is 0 Å². The quantitative estimate of drug-likeness (QED) is 0.936. The van der Waals surface area contributed by atoms with E-state index in [9.17, 15) is 17.2 Å². The van der Waals surface area contributed by atoms with Gasteiger partial charge in [-0.3, -0.25) is 4.98 Å². The maximum absolute atomic E-state index is 13.6. The molecule has 0 spiro atoms. The number of hydrogen-bond donors (Lipinski definition) is 1. The van der Waals surface area contributed by atoms with Crippen molar-refractivity contribution in [1.82, 2.24) is 9.71 Å². The highest BCUT2D eigenvalue weighted by atomic mass is 35.5. The smallest absolute Gasteiger partial charge is 0.244 e. The Bertz CT molecular complexity index is 748. The lowest BCUT2D eigenvalue weighted by Gasteiger charge is -2.16. The molecule has 1 N–H and O–H groups in total. The third-order valence-electron chi connectivity index (χ3n) is 2.79. The van der Waals surface area contributed by atoms with E-state index in [2.05, 4.69) is 9.71 Å². The van der Waals surface area contributed by atoms with Gasteiger partial charge in [0.2, 0.25) is 10.0 Å². The fraction of sp³-hybridized carbons (Fsp3) is 0.154. The Morgan fingerprint density at radius 2 is 1.86 bits per heavy atom. The molecule has 21 heavy (non-hydrogen) atoms. The summed E-state index contributed by atoms with van der Waals surface area (Å²) in [6, 6.07) is 3.52. The van der Waals surface area contributed by atoms with E-state index in [1.807, 2.05) is 0 Å². The van der Waals surface area contributed by atoms with Crippen LogP contribution >= 0.6 is 11.6 Å². The van der Waals surface area contributed by atoms with Gasteiger partial charge >= 0.3 is 0 Å². The molecule has 1 aromatic heterocycles. The van der Waals surface area contributed by atoms with E-state index in [1.54, 1.807) is 0 Å². The zero-order chi connectivity index (χ0) is 15.6. The van der Waals surface area contributed by atoms with Gasteiger partial charge in [-0.25, -0.2) is 21.9 Å². The second-order valence-electron chi connectivity index (χ2n) is 4.28. The van der Waals surface area contributed by atoms with Gasteiger partial charge in [0.05, 0.1) is 5.02 Å². The lowest BCUT2D eigenvalue weighted by atomic mass is 10.1. The minimum Gasteiger partial charge on any atom is -0.263 e. The van der Waals surface area contributed by atoms with Gasteiger partial charge in [0.15, 0.2) is 0 Å². The van der Waals surface area contributed by atoms with Crippen LogP contribution in [0, 0.1) is 11.6 Å². The molecule has 0 saturated heterocycles. The number of nitrogens with zero attached hydrogens (tertiary/aromatic N) is 1. The summed E-state index contributed by atoms with van der Waals surface area (Å²) in [7, 11) is -4.05. The molecule has 0 saturated carbocycles. The molecule has 0 aliphatic heterocycles. The van der Waals surface area contributed by atoms with E-state index in [0.29, 0.717) is 0 Å². The second kappa shape index (κ2) is 6.05. The van der Waals surface area contributed by atoms with E-state index in [-0.39, 0.29) is 15.5 Å². The summed E-state index contributed by atoms with van der Waals surface area (Å²) in [6.45, 7) is 1.34. The van der Waals surface area contributed by atoms with Crippen molar-refractivity contribution in [1.29, 1.82) is 0 Å². The van der Waals surface area contributed by atoms with Crippen molar-refractivity contribution in [3.63, 3.8) is 0 Å². The Labute approximate surface area is 125 Å². The van der Waals surface area contributed by atoms with Crippen LogP contribution in [0.15, 0.2) is 41.6 Å². The number of hydrogen-bond acceptors (Lipinski definition) is 3. The molecule has 0 bridgehead atoms. The van der Waals surface area contributed by atoms with Crippen LogP contribution in [0.1, 0.15) is 18.5 Å². The van der Waals surface area contributed by atoms with E-state index in [4.69, 9.17) is 11.6 Å². The van der Waals surface area contributed by atoms with Crippen LogP contribution < -0.4 is 4.72 Å². The number of nitrogens with one attached hydrogen (secondary N) is 1. The highest BCUT2D eigenvalue weighted by Crippen LogP contribution is 2.24. The van der Waals surface area contributed by atoms with Gasteiger partial charge in [-0.1, -0.05) is 17.7 Å². The first-order valence-electron chi connectivity index (χ1n) is 5.88. The summed E-state index contributed by atoms with van der Waals surface area (Å²) in [5.74, 6) is -1.66. The molecule has 1 heterocycles. The fourth-order valence-electron chi connectivity index (χ4n) is 1.84. The van der Waals surface area contributed by atoms with Crippen molar-refractivity contribution < 1.29 is 17.2 Å². The minimum atomic E-state index is -4.05. The minimum absolute atomic E-state index is 0.0290. The van der Waals surface area contributed by atoms with Crippen molar-refractivity contribution in [3.8, 4) is 0 Å². The first-order valence-corrected chi connectivity index (χ1v) is 7.75. The van der Waals surface area contributed by atoms with Crippen LogP contribution in [-0.4, -0.2) is 13.4 Å². The summed E-state index contributed by atoms with van der Waals surface area (Å²) in [4.78, 5) is 3.42. The zero-order valence-corrected chi connectivity index (χ0v) is 12.4. The van der Waals surface area contributed by atoms with Crippen molar-refractivity contribution in [2.24, 2.45) is 0 Å². The van der Waals surface area contributed by atoms with Crippen LogP contribution in [0.5, 0.6) is 0 Å². The molecule has 0 aliphatic carbocycles. The highest BCUT2D eigenvalue weighted by Gasteiger charge is 2.24. The van der Waals surface area contributed by atoms with E-state index >= 15 is 0 Å². The molecule has 0 amide bonds. The Hall–Kier alpha value is -1.57. The zero-order valence-electron chi connectivity index (χ0n) is 10.8. The molecule has 0 radical (unpaired) electrons. The molecule has 1 unspecified atom stereocenters. The molecule has 4 nitrogen and oxygen atoms in total. The molecule has 112 valence electrons. The molecule has 1 aromatic carbocycles.